The zero-order chi connectivity index (χ0) is 15.8. The Labute approximate surface area is 136 Å². The van der Waals surface area contributed by atoms with Crippen LogP contribution in [0.5, 0.6) is 0 Å². The van der Waals surface area contributed by atoms with Gasteiger partial charge in [0.05, 0.1) is 6.61 Å². The second kappa shape index (κ2) is 8.79. The zero-order valence-corrected chi connectivity index (χ0v) is 13.8. The van der Waals surface area contributed by atoms with E-state index in [1.165, 1.54) is 11.1 Å². The van der Waals surface area contributed by atoms with Crippen LogP contribution in [0.4, 0.5) is 0 Å². The Morgan fingerprint density at radius 1 is 1.05 bits per heavy atom. The Morgan fingerprint density at radius 2 is 1.68 bits per heavy atom. The SMILES string of the molecule is C=Cc1ccc(COCCCc2ccc([S+](C)[O-])cc2)cc1. The van der Waals surface area contributed by atoms with Crippen LogP contribution in [0.15, 0.2) is 60.0 Å². The van der Waals surface area contributed by atoms with Gasteiger partial charge in [0.15, 0.2) is 4.90 Å². The highest BCUT2D eigenvalue weighted by Crippen LogP contribution is 2.12. The molecule has 3 heteroatoms. The van der Waals surface area contributed by atoms with Crippen molar-refractivity contribution in [2.24, 2.45) is 0 Å². The van der Waals surface area contributed by atoms with Crippen LogP contribution in [-0.2, 0) is 28.9 Å². The van der Waals surface area contributed by atoms with E-state index in [1.807, 2.05) is 42.5 Å². The molecule has 0 amide bonds. The van der Waals surface area contributed by atoms with Gasteiger partial charge in [0, 0.05) is 6.61 Å². The van der Waals surface area contributed by atoms with Gasteiger partial charge in [-0.3, -0.25) is 0 Å². The van der Waals surface area contributed by atoms with Gasteiger partial charge in [-0.1, -0.05) is 49.1 Å². The molecule has 2 aromatic rings. The Hall–Kier alpha value is -1.55. The van der Waals surface area contributed by atoms with E-state index in [2.05, 4.69) is 18.7 Å². The monoisotopic (exact) mass is 314 g/mol. The van der Waals surface area contributed by atoms with Crippen LogP contribution in [-0.4, -0.2) is 17.4 Å². The van der Waals surface area contributed by atoms with Crippen molar-refractivity contribution in [3.63, 3.8) is 0 Å². The molecule has 0 aliphatic carbocycles. The molecule has 1 unspecified atom stereocenters. The van der Waals surface area contributed by atoms with E-state index in [1.54, 1.807) is 6.26 Å². The van der Waals surface area contributed by atoms with Crippen molar-refractivity contribution in [2.45, 2.75) is 24.3 Å². The lowest BCUT2D eigenvalue weighted by atomic mass is 10.1. The summed E-state index contributed by atoms with van der Waals surface area (Å²) in [7, 11) is 0. The predicted molar refractivity (Wildman–Crippen MR) is 93.3 cm³/mol. The molecule has 2 rings (SSSR count). The minimum atomic E-state index is -0.901. The molecule has 2 aromatic carbocycles. The highest BCUT2D eigenvalue weighted by Gasteiger charge is 2.03. The molecule has 0 fully saturated rings. The van der Waals surface area contributed by atoms with Crippen molar-refractivity contribution in [3.8, 4) is 0 Å². The molecule has 0 aromatic heterocycles. The molecule has 0 radical (unpaired) electrons. The fourth-order valence-corrected chi connectivity index (χ4v) is 2.69. The molecular formula is C19H22O2S. The summed E-state index contributed by atoms with van der Waals surface area (Å²) in [5, 5.41) is 0. The highest BCUT2D eigenvalue weighted by molar-refractivity contribution is 7.90. The maximum absolute atomic E-state index is 11.3. The van der Waals surface area contributed by atoms with Crippen LogP contribution in [0.25, 0.3) is 6.08 Å². The maximum Gasteiger partial charge on any atom is 0.152 e. The minimum absolute atomic E-state index is 0.644. The molecular weight excluding hydrogens is 292 g/mol. The van der Waals surface area contributed by atoms with Gasteiger partial charge in [-0.25, -0.2) is 0 Å². The number of hydrogen-bond acceptors (Lipinski definition) is 2. The lowest BCUT2D eigenvalue weighted by Crippen LogP contribution is -1.99. The van der Waals surface area contributed by atoms with Gasteiger partial charge in [0.25, 0.3) is 0 Å². The molecule has 0 bridgehead atoms. The molecule has 0 spiro atoms. The van der Waals surface area contributed by atoms with Crippen LogP contribution in [0, 0.1) is 0 Å². The van der Waals surface area contributed by atoms with Crippen molar-refractivity contribution < 1.29 is 9.29 Å². The average Bonchev–Trinajstić information content (AvgIpc) is 2.55. The van der Waals surface area contributed by atoms with E-state index in [0.717, 1.165) is 29.9 Å². The van der Waals surface area contributed by atoms with Crippen molar-refractivity contribution in [1.29, 1.82) is 0 Å². The first-order chi connectivity index (χ1) is 10.7. The molecule has 2 nitrogen and oxygen atoms in total. The van der Waals surface area contributed by atoms with Gasteiger partial charge in [-0.15, -0.1) is 0 Å². The largest absolute Gasteiger partial charge is 0.612 e. The van der Waals surface area contributed by atoms with Crippen LogP contribution in [0.3, 0.4) is 0 Å². The van der Waals surface area contributed by atoms with Gasteiger partial charge >= 0.3 is 0 Å². The fourth-order valence-electron chi connectivity index (χ4n) is 2.17. The van der Waals surface area contributed by atoms with Crippen LogP contribution >= 0.6 is 0 Å². The third-order valence-corrected chi connectivity index (χ3v) is 4.43. The first kappa shape index (κ1) is 16.8. The van der Waals surface area contributed by atoms with Gasteiger partial charge in [-0.2, -0.15) is 0 Å². The lowest BCUT2D eigenvalue weighted by molar-refractivity contribution is 0.118. The molecule has 0 aliphatic rings. The van der Waals surface area contributed by atoms with Crippen molar-refractivity contribution >= 4 is 17.3 Å². The number of ether oxygens (including phenoxy) is 1. The van der Waals surface area contributed by atoms with E-state index >= 15 is 0 Å². The van der Waals surface area contributed by atoms with Gasteiger partial charge in [0.1, 0.15) is 6.26 Å². The Morgan fingerprint density at radius 3 is 2.27 bits per heavy atom. The topological polar surface area (TPSA) is 32.3 Å². The maximum atomic E-state index is 11.3. The minimum Gasteiger partial charge on any atom is -0.612 e. The highest BCUT2D eigenvalue weighted by atomic mass is 32.2. The zero-order valence-electron chi connectivity index (χ0n) is 13.0. The summed E-state index contributed by atoms with van der Waals surface area (Å²) in [6, 6.07) is 16.2. The average molecular weight is 314 g/mol. The molecule has 0 aliphatic heterocycles. The first-order valence-corrected chi connectivity index (χ1v) is 8.96. The molecule has 22 heavy (non-hydrogen) atoms. The van der Waals surface area contributed by atoms with Crippen LogP contribution in [0.1, 0.15) is 23.1 Å². The quantitative estimate of drug-likeness (QED) is 0.540. The molecule has 1 atom stereocenters. The summed E-state index contributed by atoms with van der Waals surface area (Å²) in [5.41, 5.74) is 3.56. The second-order valence-electron chi connectivity index (χ2n) is 5.20. The van der Waals surface area contributed by atoms with Crippen molar-refractivity contribution in [2.75, 3.05) is 12.9 Å². The summed E-state index contributed by atoms with van der Waals surface area (Å²) in [5.74, 6) is 0. The molecule has 116 valence electrons. The van der Waals surface area contributed by atoms with Crippen LogP contribution < -0.4 is 0 Å². The van der Waals surface area contributed by atoms with Gasteiger partial charge in [-0.05, 0) is 52.8 Å². The first-order valence-electron chi connectivity index (χ1n) is 7.40. The predicted octanol–water partition coefficient (Wildman–Crippen LogP) is 4.22. The number of benzene rings is 2. The van der Waals surface area contributed by atoms with E-state index in [9.17, 15) is 4.55 Å². The van der Waals surface area contributed by atoms with Gasteiger partial charge < -0.3 is 9.29 Å². The third-order valence-electron chi connectivity index (χ3n) is 3.49. The van der Waals surface area contributed by atoms with E-state index in [-0.39, 0.29) is 0 Å². The molecule has 0 saturated heterocycles. The molecule has 0 N–H and O–H groups in total. The van der Waals surface area contributed by atoms with Crippen molar-refractivity contribution in [3.05, 3.63) is 71.8 Å². The number of rotatable bonds is 8. The number of hydrogen-bond donors (Lipinski definition) is 0. The normalized spacial score (nSPS) is 12.1. The Balaban J connectivity index is 1.67. The Kier molecular flexibility index (Phi) is 6.72. The standard InChI is InChI=1S/C19H22O2S/c1-3-16-6-8-18(9-7-16)15-21-14-4-5-17-10-12-19(13-11-17)22(2)20/h3,6-13H,1,4-5,14-15H2,2H3. The lowest BCUT2D eigenvalue weighted by Gasteiger charge is -2.07. The number of aryl methyl sites for hydroxylation is 1. The van der Waals surface area contributed by atoms with Crippen LogP contribution in [0.2, 0.25) is 0 Å². The summed E-state index contributed by atoms with van der Waals surface area (Å²) in [4.78, 5) is 0.878. The van der Waals surface area contributed by atoms with E-state index in [0.29, 0.717) is 6.61 Å². The van der Waals surface area contributed by atoms with Crippen molar-refractivity contribution in [1.82, 2.24) is 0 Å². The summed E-state index contributed by atoms with van der Waals surface area (Å²) in [6.07, 6.45) is 5.50. The van der Waals surface area contributed by atoms with E-state index in [4.69, 9.17) is 4.74 Å². The smallest absolute Gasteiger partial charge is 0.152 e. The fraction of sp³-hybridized carbons (Fsp3) is 0.263. The summed E-state index contributed by atoms with van der Waals surface area (Å²) in [6.45, 7) is 5.13. The second-order valence-corrected chi connectivity index (χ2v) is 6.58. The summed E-state index contributed by atoms with van der Waals surface area (Å²) < 4.78 is 17.0. The molecule has 0 saturated carbocycles. The third kappa shape index (κ3) is 5.34. The summed E-state index contributed by atoms with van der Waals surface area (Å²) >= 11 is -0.901. The van der Waals surface area contributed by atoms with Gasteiger partial charge in [0.2, 0.25) is 0 Å². The van der Waals surface area contributed by atoms with E-state index < -0.39 is 11.2 Å². The Bertz CT molecular complexity index is 573. The molecule has 0 heterocycles.